The van der Waals surface area contributed by atoms with Gasteiger partial charge in [-0.1, -0.05) is 18.1 Å². The first-order chi connectivity index (χ1) is 8.74. The van der Waals surface area contributed by atoms with Crippen molar-refractivity contribution in [3.05, 3.63) is 23.4 Å². The third-order valence-electron chi connectivity index (χ3n) is 3.07. The summed E-state index contributed by atoms with van der Waals surface area (Å²) in [6.07, 6.45) is 0.982. The van der Waals surface area contributed by atoms with E-state index in [0.29, 0.717) is 24.2 Å². The molecule has 5 nitrogen and oxygen atoms in total. The first-order valence-electron chi connectivity index (χ1n) is 5.88. The van der Waals surface area contributed by atoms with E-state index in [1.165, 1.54) is 0 Å². The Balaban J connectivity index is 1.59. The Bertz CT molecular complexity index is 549. The SMILES string of the molecule is C[C@@H]1C[C@H]1C(=O)NCc1nc(-c2cccs2)no1. The number of amides is 1. The Morgan fingerprint density at radius 2 is 2.50 bits per heavy atom. The number of carbonyl (C=O) groups is 1. The van der Waals surface area contributed by atoms with Crippen LogP contribution in [0.4, 0.5) is 0 Å². The van der Waals surface area contributed by atoms with Crippen molar-refractivity contribution in [2.45, 2.75) is 19.9 Å². The van der Waals surface area contributed by atoms with Gasteiger partial charge in [0.2, 0.25) is 17.6 Å². The van der Waals surface area contributed by atoms with Crippen molar-refractivity contribution < 1.29 is 9.32 Å². The zero-order chi connectivity index (χ0) is 12.5. The molecule has 2 atom stereocenters. The van der Waals surface area contributed by atoms with Crippen molar-refractivity contribution >= 4 is 17.2 Å². The van der Waals surface area contributed by atoms with Gasteiger partial charge in [-0.05, 0) is 23.8 Å². The molecule has 94 valence electrons. The molecule has 2 heterocycles. The molecule has 0 spiro atoms. The molecule has 0 saturated heterocycles. The van der Waals surface area contributed by atoms with Gasteiger partial charge in [-0.3, -0.25) is 4.79 Å². The van der Waals surface area contributed by atoms with Crippen LogP contribution in [0.2, 0.25) is 0 Å². The Labute approximate surface area is 108 Å². The molecule has 18 heavy (non-hydrogen) atoms. The maximum absolute atomic E-state index is 11.6. The summed E-state index contributed by atoms with van der Waals surface area (Å²) in [6.45, 7) is 2.38. The van der Waals surface area contributed by atoms with Crippen molar-refractivity contribution in [2.24, 2.45) is 11.8 Å². The Kier molecular flexibility index (Phi) is 2.87. The highest BCUT2D eigenvalue weighted by atomic mass is 32.1. The lowest BCUT2D eigenvalue weighted by molar-refractivity contribution is -0.122. The fourth-order valence-corrected chi connectivity index (χ4v) is 2.46. The number of hydrogen-bond donors (Lipinski definition) is 1. The zero-order valence-electron chi connectivity index (χ0n) is 9.92. The van der Waals surface area contributed by atoms with Crippen LogP contribution in [0, 0.1) is 11.8 Å². The molecule has 1 aliphatic carbocycles. The molecule has 1 fully saturated rings. The highest BCUT2D eigenvalue weighted by Crippen LogP contribution is 2.37. The molecule has 0 radical (unpaired) electrons. The number of hydrogen-bond acceptors (Lipinski definition) is 5. The molecule has 1 saturated carbocycles. The summed E-state index contributed by atoms with van der Waals surface area (Å²) in [5.74, 6) is 1.78. The van der Waals surface area contributed by atoms with Crippen molar-refractivity contribution in [1.29, 1.82) is 0 Å². The molecule has 3 rings (SSSR count). The van der Waals surface area contributed by atoms with Gasteiger partial charge < -0.3 is 9.84 Å². The predicted octanol–water partition coefficient (Wildman–Crippen LogP) is 2.07. The first-order valence-corrected chi connectivity index (χ1v) is 6.76. The first kappa shape index (κ1) is 11.4. The second-order valence-electron chi connectivity index (χ2n) is 4.53. The summed E-state index contributed by atoms with van der Waals surface area (Å²) in [6, 6.07) is 3.87. The highest BCUT2D eigenvalue weighted by molar-refractivity contribution is 7.13. The second kappa shape index (κ2) is 4.53. The smallest absolute Gasteiger partial charge is 0.246 e. The van der Waals surface area contributed by atoms with Crippen molar-refractivity contribution in [2.75, 3.05) is 0 Å². The summed E-state index contributed by atoms with van der Waals surface area (Å²) < 4.78 is 5.10. The van der Waals surface area contributed by atoms with Gasteiger partial charge in [0.15, 0.2) is 0 Å². The second-order valence-corrected chi connectivity index (χ2v) is 5.47. The number of nitrogens with zero attached hydrogens (tertiary/aromatic N) is 2. The lowest BCUT2D eigenvalue weighted by Crippen LogP contribution is -2.24. The van der Waals surface area contributed by atoms with E-state index in [1.807, 2.05) is 17.5 Å². The van der Waals surface area contributed by atoms with Crippen LogP contribution in [0.1, 0.15) is 19.2 Å². The standard InChI is InChI=1S/C12H13N3O2S/c1-7-5-8(7)12(16)13-6-10-14-11(15-17-10)9-3-2-4-18-9/h2-4,7-8H,5-6H2,1H3,(H,13,16)/t7-,8-/m1/s1. The molecule has 0 aliphatic heterocycles. The Morgan fingerprint density at radius 3 is 3.17 bits per heavy atom. The number of rotatable bonds is 4. The Morgan fingerprint density at radius 1 is 1.67 bits per heavy atom. The van der Waals surface area contributed by atoms with Gasteiger partial charge in [-0.25, -0.2) is 0 Å². The monoisotopic (exact) mass is 263 g/mol. The molecule has 0 unspecified atom stereocenters. The number of thiophene rings is 1. The minimum absolute atomic E-state index is 0.0818. The van der Waals surface area contributed by atoms with Gasteiger partial charge in [0.25, 0.3) is 0 Å². The maximum atomic E-state index is 11.6. The quantitative estimate of drug-likeness (QED) is 0.917. The van der Waals surface area contributed by atoms with Gasteiger partial charge >= 0.3 is 0 Å². The number of nitrogens with one attached hydrogen (secondary N) is 1. The Hall–Kier alpha value is -1.69. The number of carbonyl (C=O) groups excluding carboxylic acids is 1. The van der Waals surface area contributed by atoms with Crippen LogP contribution in [0.15, 0.2) is 22.0 Å². The van der Waals surface area contributed by atoms with Crippen molar-refractivity contribution in [3.63, 3.8) is 0 Å². The van der Waals surface area contributed by atoms with Crippen LogP contribution in [0.25, 0.3) is 10.7 Å². The van der Waals surface area contributed by atoms with E-state index in [-0.39, 0.29) is 11.8 Å². The van der Waals surface area contributed by atoms with Crippen LogP contribution in [-0.4, -0.2) is 16.0 Å². The lowest BCUT2D eigenvalue weighted by atomic mass is 10.3. The van der Waals surface area contributed by atoms with Crippen LogP contribution >= 0.6 is 11.3 Å². The molecule has 6 heteroatoms. The third kappa shape index (κ3) is 2.28. The van der Waals surface area contributed by atoms with E-state index in [4.69, 9.17) is 4.52 Å². The molecule has 2 aromatic rings. The van der Waals surface area contributed by atoms with E-state index in [9.17, 15) is 4.79 Å². The van der Waals surface area contributed by atoms with Crippen molar-refractivity contribution in [1.82, 2.24) is 15.5 Å². The van der Waals surface area contributed by atoms with Crippen molar-refractivity contribution in [3.8, 4) is 10.7 Å². The minimum atomic E-state index is 0.0818. The largest absolute Gasteiger partial charge is 0.347 e. The minimum Gasteiger partial charge on any atom is -0.347 e. The van der Waals surface area contributed by atoms with E-state index in [2.05, 4.69) is 22.4 Å². The van der Waals surface area contributed by atoms with Crippen LogP contribution < -0.4 is 5.32 Å². The molecule has 1 N–H and O–H groups in total. The molecule has 0 bridgehead atoms. The fourth-order valence-electron chi connectivity index (χ4n) is 1.81. The summed E-state index contributed by atoms with van der Waals surface area (Å²) >= 11 is 1.56. The van der Waals surface area contributed by atoms with Crippen LogP contribution in [0.5, 0.6) is 0 Å². The average Bonchev–Trinajstić information content (AvgIpc) is 2.85. The molecular formula is C12H13N3O2S. The van der Waals surface area contributed by atoms with E-state index in [0.717, 1.165) is 11.3 Å². The van der Waals surface area contributed by atoms with E-state index >= 15 is 0 Å². The summed E-state index contributed by atoms with van der Waals surface area (Å²) in [7, 11) is 0. The molecule has 1 aliphatic rings. The van der Waals surface area contributed by atoms with Gasteiger partial charge in [0.1, 0.15) is 0 Å². The lowest BCUT2D eigenvalue weighted by Gasteiger charge is -1.99. The summed E-state index contributed by atoms with van der Waals surface area (Å²) in [5.41, 5.74) is 0. The van der Waals surface area contributed by atoms with E-state index < -0.39 is 0 Å². The van der Waals surface area contributed by atoms with Gasteiger partial charge in [-0.2, -0.15) is 4.98 Å². The van der Waals surface area contributed by atoms with Crippen LogP contribution in [-0.2, 0) is 11.3 Å². The average molecular weight is 263 g/mol. The molecule has 2 aromatic heterocycles. The topological polar surface area (TPSA) is 68.0 Å². The highest BCUT2D eigenvalue weighted by Gasteiger charge is 2.38. The zero-order valence-corrected chi connectivity index (χ0v) is 10.7. The van der Waals surface area contributed by atoms with E-state index in [1.54, 1.807) is 11.3 Å². The summed E-state index contributed by atoms with van der Waals surface area (Å²) in [4.78, 5) is 16.8. The summed E-state index contributed by atoms with van der Waals surface area (Å²) in [5, 5.41) is 8.66. The van der Waals surface area contributed by atoms with Crippen LogP contribution in [0.3, 0.4) is 0 Å². The van der Waals surface area contributed by atoms with Gasteiger partial charge in [-0.15, -0.1) is 11.3 Å². The normalized spacial score (nSPS) is 21.8. The predicted molar refractivity (Wildman–Crippen MR) is 66.7 cm³/mol. The maximum Gasteiger partial charge on any atom is 0.246 e. The molecule has 0 aromatic carbocycles. The molecular weight excluding hydrogens is 250 g/mol. The van der Waals surface area contributed by atoms with Gasteiger partial charge in [0, 0.05) is 5.92 Å². The number of aromatic nitrogens is 2. The van der Waals surface area contributed by atoms with Gasteiger partial charge in [0.05, 0.1) is 11.4 Å². The third-order valence-corrected chi connectivity index (χ3v) is 3.94. The molecule has 1 amide bonds. The fraction of sp³-hybridized carbons (Fsp3) is 0.417.